The van der Waals surface area contributed by atoms with Crippen LogP contribution in [0.1, 0.15) is 42.4 Å². The van der Waals surface area contributed by atoms with Crippen molar-refractivity contribution in [3.8, 4) is 17.7 Å². The van der Waals surface area contributed by atoms with Crippen molar-refractivity contribution in [2.75, 3.05) is 0 Å². The summed E-state index contributed by atoms with van der Waals surface area (Å²) in [7, 11) is 0. The summed E-state index contributed by atoms with van der Waals surface area (Å²) >= 11 is 0. The number of pyridine rings is 1. The van der Waals surface area contributed by atoms with Gasteiger partial charge < -0.3 is 10.1 Å². The number of fused-ring (bicyclic) bond motifs is 1. The number of aromatic nitrogens is 2. The largest absolute Gasteiger partial charge is 0.438 e. The average Bonchev–Trinajstić information content (AvgIpc) is 3.28. The molecule has 0 aliphatic heterocycles. The van der Waals surface area contributed by atoms with Gasteiger partial charge in [-0.3, -0.25) is 14.0 Å². The zero-order chi connectivity index (χ0) is 22.7. The number of ether oxygens (including phenoxy) is 1. The van der Waals surface area contributed by atoms with Crippen LogP contribution in [0.4, 0.5) is 0 Å². The maximum absolute atomic E-state index is 13.3. The second-order valence-electron chi connectivity index (χ2n) is 8.06. The van der Waals surface area contributed by atoms with Gasteiger partial charge >= 0.3 is 0 Å². The zero-order valence-electron chi connectivity index (χ0n) is 18.1. The number of benzene rings is 1. The summed E-state index contributed by atoms with van der Waals surface area (Å²) in [5, 5.41) is 12.5. The number of nitrogens with one attached hydrogen (secondary N) is 1. The molecule has 1 N–H and O–H groups in total. The summed E-state index contributed by atoms with van der Waals surface area (Å²) in [5.41, 5.74) is 1.84. The quantitative estimate of drug-likeness (QED) is 0.488. The molecular formula is C25H24N4O3. The van der Waals surface area contributed by atoms with Crippen LogP contribution in [0, 0.1) is 25.2 Å². The maximum Gasteiger partial charge on any atom is 0.269 e. The Kier molecular flexibility index (Phi) is 6.04. The van der Waals surface area contributed by atoms with Gasteiger partial charge in [0, 0.05) is 12.2 Å². The van der Waals surface area contributed by atoms with Crippen molar-refractivity contribution >= 4 is 17.6 Å². The molecule has 0 radical (unpaired) electrons. The predicted octanol–water partition coefficient (Wildman–Crippen LogP) is 4.07. The van der Waals surface area contributed by atoms with Gasteiger partial charge in [0.2, 0.25) is 5.88 Å². The monoisotopic (exact) mass is 428 g/mol. The molecule has 0 saturated heterocycles. The number of nitriles is 1. The number of hydrogen-bond acceptors (Lipinski definition) is 5. The summed E-state index contributed by atoms with van der Waals surface area (Å²) in [5.74, 6) is 0.107. The Hall–Kier alpha value is -3.92. The Labute approximate surface area is 186 Å². The summed E-state index contributed by atoms with van der Waals surface area (Å²) in [6, 6.07) is 12.8. The van der Waals surface area contributed by atoms with E-state index in [4.69, 9.17) is 4.74 Å². The third-order valence-corrected chi connectivity index (χ3v) is 5.62. The normalized spacial score (nSPS) is 14.3. The summed E-state index contributed by atoms with van der Waals surface area (Å²) in [6.45, 7) is 3.88. The molecule has 7 nitrogen and oxygen atoms in total. The maximum atomic E-state index is 13.3. The van der Waals surface area contributed by atoms with Gasteiger partial charge in [-0.05, 0) is 56.5 Å². The standard InChI is InChI=1S/C25H24N4O3/c1-16-10-11-21(17(2)13-16)32-24-20(25(31)29-12-6-5-9-22(29)28-24)14-18(15-26)23(30)27-19-7-3-4-8-19/h5-6,9-14,19H,3-4,7-8H2,1-2H3,(H,27,30)/b18-14+. The van der Waals surface area contributed by atoms with Crippen molar-refractivity contribution in [2.45, 2.75) is 45.6 Å². The van der Waals surface area contributed by atoms with Crippen molar-refractivity contribution in [3.63, 3.8) is 0 Å². The lowest BCUT2D eigenvalue weighted by atomic mass is 10.1. The zero-order valence-corrected chi connectivity index (χ0v) is 18.1. The Bertz CT molecular complexity index is 1310. The van der Waals surface area contributed by atoms with E-state index in [1.165, 1.54) is 10.5 Å². The van der Waals surface area contributed by atoms with E-state index in [1.54, 1.807) is 24.4 Å². The van der Waals surface area contributed by atoms with E-state index >= 15 is 0 Å². The predicted molar refractivity (Wildman–Crippen MR) is 121 cm³/mol. The number of rotatable bonds is 5. The Balaban J connectivity index is 1.80. The SMILES string of the molecule is Cc1ccc(Oc2nc3ccccn3c(=O)c2/C=C(\C#N)C(=O)NC2CCCC2)c(C)c1. The minimum absolute atomic E-state index is 0.0480. The molecule has 1 aromatic carbocycles. The fraction of sp³-hybridized carbons (Fsp3) is 0.280. The molecule has 0 spiro atoms. The number of aryl methyl sites for hydroxylation is 2. The van der Waals surface area contributed by atoms with Crippen molar-refractivity contribution in [2.24, 2.45) is 0 Å². The van der Waals surface area contributed by atoms with Crippen LogP contribution in [0.2, 0.25) is 0 Å². The molecule has 1 amide bonds. The van der Waals surface area contributed by atoms with Crippen LogP contribution >= 0.6 is 0 Å². The summed E-state index contributed by atoms with van der Waals surface area (Å²) < 4.78 is 7.40. The second kappa shape index (κ2) is 9.06. The van der Waals surface area contributed by atoms with Gasteiger partial charge in [0.1, 0.15) is 28.6 Å². The molecule has 1 aliphatic rings. The first kappa shape index (κ1) is 21.3. The molecule has 7 heteroatoms. The highest BCUT2D eigenvalue weighted by molar-refractivity contribution is 6.02. The first-order valence-electron chi connectivity index (χ1n) is 10.7. The molecule has 4 rings (SSSR count). The van der Waals surface area contributed by atoms with E-state index in [9.17, 15) is 14.9 Å². The number of carbonyl (C=O) groups excluding carboxylic acids is 1. The third-order valence-electron chi connectivity index (χ3n) is 5.62. The average molecular weight is 428 g/mol. The lowest BCUT2D eigenvalue weighted by molar-refractivity contribution is -0.117. The van der Waals surface area contributed by atoms with Crippen LogP contribution in [0.3, 0.4) is 0 Å². The van der Waals surface area contributed by atoms with E-state index < -0.39 is 11.5 Å². The lowest BCUT2D eigenvalue weighted by Crippen LogP contribution is -2.33. The van der Waals surface area contributed by atoms with Crippen LogP contribution in [0.25, 0.3) is 11.7 Å². The van der Waals surface area contributed by atoms with Gasteiger partial charge in [-0.2, -0.15) is 10.2 Å². The second-order valence-corrected chi connectivity index (χ2v) is 8.06. The molecule has 162 valence electrons. The molecular weight excluding hydrogens is 404 g/mol. The molecule has 0 unspecified atom stereocenters. The lowest BCUT2D eigenvalue weighted by Gasteiger charge is -2.13. The topological polar surface area (TPSA) is 96.5 Å². The van der Waals surface area contributed by atoms with Gasteiger partial charge in [-0.1, -0.05) is 36.6 Å². The van der Waals surface area contributed by atoms with Gasteiger partial charge in [0.05, 0.1) is 0 Å². The fourth-order valence-corrected chi connectivity index (χ4v) is 3.93. The molecule has 0 atom stereocenters. The van der Waals surface area contributed by atoms with E-state index in [2.05, 4.69) is 10.3 Å². The number of nitrogens with zero attached hydrogens (tertiary/aromatic N) is 3. The van der Waals surface area contributed by atoms with Crippen molar-refractivity contribution in [3.05, 3.63) is 75.2 Å². The van der Waals surface area contributed by atoms with Gasteiger partial charge in [-0.25, -0.2) is 0 Å². The van der Waals surface area contributed by atoms with Crippen molar-refractivity contribution in [1.29, 1.82) is 5.26 Å². The van der Waals surface area contributed by atoms with Crippen LogP contribution in [-0.4, -0.2) is 21.3 Å². The van der Waals surface area contributed by atoms with Crippen LogP contribution in [0.5, 0.6) is 11.6 Å². The number of hydrogen-bond donors (Lipinski definition) is 1. The van der Waals surface area contributed by atoms with Gasteiger partial charge in [-0.15, -0.1) is 0 Å². The number of amides is 1. The minimum atomic E-state index is -0.491. The molecule has 1 aliphatic carbocycles. The van der Waals surface area contributed by atoms with Crippen LogP contribution < -0.4 is 15.6 Å². The molecule has 1 saturated carbocycles. The minimum Gasteiger partial charge on any atom is -0.438 e. The summed E-state index contributed by atoms with van der Waals surface area (Å²) in [6.07, 6.45) is 6.77. The van der Waals surface area contributed by atoms with E-state index in [0.717, 1.165) is 36.8 Å². The Morgan fingerprint density at radius 2 is 2.03 bits per heavy atom. The summed E-state index contributed by atoms with van der Waals surface area (Å²) in [4.78, 5) is 30.5. The molecule has 1 fully saturated rings. The fourth-order valence-electron chi connectivity index (χ4n) is 3.93. The third kappa shape index (κ3) is 4.40. The first-order valence-corrected chi connectivity index (χ1v) is 10.7. The molecule has 2 heterocycles. The van der Waals surface area contributed by atoms with Crippen molar-refractivity contribution in [1.82, 2.24) is 14.7 Å². The van der Waals surface area contributed by atoms with Crippen molar-refractivity contribution < 1.29 is 9.53 Å². The van der Waals surface area contributed by atoms with E-state index in [-0.39, 0.29) is 23.1 Å². The van der Waals surface area contributed by atoms with Crippen LogP contribution in [-0.2, 0) is 4.79 Å². The van der Waals surface area contributed by atoms with E-state index in [0.29, 0.717) is 11.4 Å². The Morgan fingerprint density at radius 1 is 1.25 bits per heavy atom. The highest BCUT2D eigenvalue weighted by Gasteiger charge is 2.21. The van der Waals surface area contributed by atoms with Gasteiger partial charge in [0.25, 0.3) is 11.5 Å². The first-order chi connectivity index (χ1) is 15.5. The molecule has 0 bridgehead atoms. The smallest absolute Gasteiger partial charge is 0.269 e. The Morgan fingerprint density at radius 3 is 2.75 bits per heavy atom. The number of carbonyl (C=O) groups is 1. The van der Waals surface area contributed by atoms with E-state index in [1.807, 2.05) is 38.1 Å². The van der Waals surface area contributed by atoms with Gasteiger partial charge in [0.15, 0.2) is 0 Å². The highest BCUT2D eigenvalue weighted by atomic mass is 16.5. The molecule has 3 aromatic rings. The van der Waals surface area contributed by atoms with Crippen LogP contribution in [0.15, 0.2) is 53.0 Å². The highest BCUT2D eigenvalue weighted by Crippen LogP contribution is 2.27. The molecule has 32 heavy (non-hydrogen) atoms. The molecule has 2 aromatic heterocycles.